The lowest BCUT2D eigenvalue weighted by atomic mass is 10.0. The standard InChI is InChI=1S/C12H19NO/c1-4-14-12(10(2)13-3)11-8-6-5-7-9-11/h5-10,12-13H,4H2,1-3H3. The lowest BCUT2D eigenvalue weighted by Gasteiger charge is -2.23. The first-order chi connectivity index (χ1) is 6.79. The van der Waals surface area contributed by atoms with Crippen LogP contribution in [0.5, 0.6) is 0 Å². The van der Waals surface area contributed by atoms with Gasteiger partial charge in [0.15, 0.2) is 0 Å². The first-order valence-electron chi connectivity index (χ1n) is 5.13. The Balaban J connectivity index is 2.77. The average Bonchev–Trinajstić information content (AvgIpc) is 2.26. The molecule has 1 rings (SSSR count). The van der Waals surface area contributed by atoms with Gasteiger partial charge in [-0.15, -0.1) is 0 Å². The molecule has 0 saturated carbocycles. The summed E-state index contributed by atoms with van der Waals surface area (Å²) in [4.78, 5) is 0. The van der Waals surface area contributed by atoms with Crippen LogP contribution in [0.1, 0.15) is 25.5 Å². The van der Waals surface area contributed by atoms with E-state index < -0.39 is 0 Å². The maximum absolute atomic E-state index is 5.72. The number of nitrogens with one attached hydrogen (secondary N) is 1. The van der Waals surface area contributed by atoms with E-state index >= 15 is 0 Å². The highest BCUT2D eigenvalue weighted by molar-refractivity contribution is 5.18. The summed E-state index contributed by atoms with van der Waals surface area (Å²) in [5.41, 5.74) is 1.23. The van der Waals surface area contributed by atoms with E-state index in [-0.39, 0.29) is 6.10 Å². The first-order valence-corrected chi connectivity index (χ1v) is 5.13. The van der Waals surface area contributed by atoms with Crippen LogP contribution in [-0.2, 0) is 4.74 Å². The van der Waals surface area contributed by atoms with Crippen molar-refractivity contribution in [3.05, 3.63) is 35.9 Å². The van der Waals surface area contributed by atoms with Crippen LogP contribution in [0.4, 0.5) is 0 Å². The van der Waals surface area contributed by atoms with Crippen LogP contribution in [0.2, 0.25) is 0 Å². The van der Waals surface area contributed by atoms with Crippen LogP contribution in [-0.4, -0.2) is 19.7 Å². The summed E-state index contributed by atoms with van der Waals surface area (Å²) < 4.78 is 5.72. The Hall–Kier alpha value is -0.860. The van der Waals surface area contributed by atoms with Crippen molar-refractivity contribution in [2.45, 2.75) is 26.0 Å². The monoisotopic (exact) mass is 193 g/mol. The molecule has 1 N–H and O–H groups in total. The molecule has 14 heavy (non-hydrogen) atoms. The third kappa shape index (κ3) is 2.82. The molecule has 0 bridgehead atoms. The molecule has 2 heteroatoms. The van der Waals surface area contributed by atoms with Crippen molar-refractivity contribution in [3.8, 4) is 0 Å². The Labute approximate surface area is 86.3 Å². The van der Waals surface area contributed by atoms with Gasteiger partial charge in [0.05, 0.1) is 6.10 Å². The van der Waals surface area contributed by atoms with Crippen LogP contribution in [0.15, 0.2) is 30.3 Å². The zero-order valence-electron chi connectivity index (χ0n) is 9.16. The fraction of sp³-hybridized carbons (Fsp3) is 0.500. The second-order valence-electron chi connectivity index (χ2n) is 3.36. The Kier molecular flexibility index (Phi) is 4.63. The molecule has 0 aliphatic heterocycles. The van der Waals surface area contributed by atoms with E-state index in [9.17, 15) is 0 Å². The van der Waals surface area contributed by atoms with Crippen LogP contribution in [0, 0.1) is 0 Å². The van der Waals surface area contributed by atoms with Crippen molar-refractivity contribution >= 4 is 0 Å². The van der Waals surface area contributed by atoms with Gasteiger partial charge in [0, 0.05) is 12.6 Å². The van der Waals surface area contributed by atoms with Gasteiger partial charge in [-0.1, -0.05) is 30.3 Å². The SMILES string of the molecule is CCOC(c1ccccc1)C(C)NC. The summed E-state index contributed by atoms with van der Waals surface area (Å²) in [6, 6.07) is 10.7. The molecule has 2 atom stereocenters. The lowest BCUT2D eigenvalue weighted by Crippen LogP contribution is -2.30. The van der Waals surface area contributed by atoms with Crippen LogP contribution >= 0.6 is 0 Å². The van der Waals surface area contributed by atoms with Gasteiger partial charge < -0.3 is 10.1 Å². The normalized spacial score (nSPS) is 15.1. The van der Waals surface area contributed by atoms with Crippen molar-refractivity contribution in [2.24, 2.45) is 0 Å². The molecule has 0 amide bonds. The summed E-state index contributed by atoms with van der Waals surface area (Å²) in [5, 5.41) is 3.22. The van der Waals surface area contributed by atoms with Gasteiger partial charge >= 0.3 is 0 Å². The first kappa shape index (κ1) is 11.2. The fourth-order valence-electron chi connectivity index (χ4n) is 1.50. The van der Waals surface area contributed by atoms with E-state index in [1.165, 1.54) is 5.56 Å². The number of benzene rings is 1. The number of hydrogen-bond acceptors (Lipinski definition) is 2. The molecule has 0 saturated heterocycles. The number of likely N-dealkylation sites (N-methyl/N-ethyl adjacent to an activating group) is 1. The highest BCUT2D eigenvalue weighted by Gasteiger charge is 2.17. The molecule has 0 fully saturated rings. The van der Waals surface area contributed by atoms with Gasteiger partial charge in [-0.3, -0.25) is 0 Å². The molecule has 1 aromatic carbocycles. The molecule has 0 aromatic heterocycles. The molecular formula is C12H19NO. The third-order valence-electron chi connectivity index (χ3n) is 2.38. The molecule has 0 heterocycles. The Morgan fingerprint density at radius 2 is 1.93 bits per heavy atom. The van der Waals surface area contributed by atoms with Gasteiger partial charge in [0.2, 0.25) is 0 Å². The van der Waals surface area contributed by atoms with E-state index in [0.717, 1.165) is 6.61 Å². The minimum absolute atomic E-state index is 0.145. The van der Waals surface area contributed by atoms with Gasteiger partial charge in [-0.2, -0.15) is 0 Å². The Bertz CT molecular complexity index is 248. The molecule has 1 aromatic rings. The molecular weight excluding hydrogens is 174 g/mol. The summed E-state index contributed by atoms with van der Waals surface area (Å²) >= 11 is 0. The van der Waals surface area contributed by atoms with Gasteiger partial charge in [-0.25, -0.2) is 0 Å². The van der Waals surface area contributed by atoms with Gasteiger partial charge in [0.1, 0.15) is 0 Å². The quantitative estimate of drug-likeness (QED) is 0.775. The number of rotatable bonds is 5. The predicted molar refractivity (Wildman–Crippen MR) is 59.3 cm³/mol. The second-order valence-corrected chi connectivity index (χ2v) is 3.36. The van der Waals surface area contributed by atoms with Gasteiger partial charge in [0.25, 0.3) is 0 Å². The summed E-state index contributed by atoms with van der Waals surface area (Å²) in [6.07, 6.45) is 0.145. The molecule has 0 aliphatic rings. The Morgan fingerprint density at radius 3 is 2.43 bits per heavy atom. The van der Waals surface area contributed by atoms with E-state index in [0.29, 0.717) is 6.04 Å². The Morgan fingerprint density at radius 1 is 1.29 bits per heavy atom. The minimum Gasteiger partial charge on any atom is -0.372 e. The molecule has 2 unspecified atom stereocenters. The van der Waals surface area contributed by atoms with E-state index in [4.69, 9.17) is 4.74 Å². The second kappa shape index (κ2) is 5.78. The summed E-state index contributed by atoms with van der Waals surface area (Å²) in [6.45, 7) is 4.90. The van der Waals surface area contributed by atoms with E-state index in [1.54, 1.807) is 0 Å². The predicted octanol–water partition coefficient (Wildman–Crippen LogP) is 2.37. The smallest absolute Gasteiger partial charge is 0.0974 e. The van der Waals surface area contributed by atoms with Crippen molar-refractivity contribution < 1.29 is 4.74 Å². The highest BCUT2D eigenvalue weighted by atomic mass is 16.5. The van der Waals surface area contributed by atoms with Gasteiger partial charge in [-0.05, 0) is 26.5 Å². The summed E-state index contributed by atoms with van der Waals surface area (Å²) in [7, 11) is 1.96. The number of hydrogen-bond donors (Lipinski definition) is 1. The molecule has 78 valence electrons. The number of ether oxygens (including phenoxy) is 1. The largest absolute Gasteiger partial charge is 0.372 e. The zero-order valence-corrected chi connectivity index (χ0v) is 9.16. The van der Waals surface area contributed by atoms with Crippen molar-refractivity contribution in [3.63, 3.8) is 0 Å². The zero-order chi connectivity index (χ0) is 10.4. The minimum atomic E-state index is 0.145. The van der Waals surface area contributed by atoms with E-state index in [1.807, 2.05) is 32.2 Å². The molecule has 0 aliphatic carbocycles. The molecule has 2 nitrogen and oxygen atoms in total. The van der Waals surface area contributed by atoms with E-state index in [2.05, 4.69) is 24.4 Å². The highest BCUT2D eigenvalue weighted by Crippen LogP contribution is 2.20. The van der Waals surface area contributed by atoms with Crippen molar-refractivity contribution in [1.29, 1.82) is 0 Å². The summed E-state index contributed by atoms with van der Waals surface area (Å²) in [5.74, 6) is 0. The molecule has 0 spiro atoms. The average molecular weight is 193 g/mol. The lowest BCUT2D eigenvalue weighted by molar-refractivity contribution is 0.0399. The van der Waals surface area contributed by atoms with Crippen molar-refractivity contribution in [2.75, 3.05) is 13.7 Å². The van der Waals surface area contributed by atoms with Crippen LogP contribution in [0.25, 0.3) is 0 Å². The van der Waals surface area contributed by atoms with Crippen molar-refractivity contribution in [1.82, 2.24) is 5.32 Å². The fourth-order valence-corrected chi connectivity index (χ4v) is 1.50. The molecule has 0 radical (unpaired) electrons. The topological polar surface area (TPSA) is 21.3 Å². The maximum atomic E-state index is 5.72. The van der Waals surface area contributed by atoms with Crippen LogP contribution < -0.4 is 5.32 Å². The third-order valence-corrected chi connectivity index (χ3v) is 2.38. The maximum Gasteiger partial charge on any atom is 0.0974 e. The van der Waals surface area contributed by atoms with Crippen LogP contribution in [0.3, 0.4) is 0 Å².